The van der Waals surface area contributed by atoms with Crippen LogP contribution in [0.4, 0.5) is 0 Å². The van der Waals surface area contributed by atoms with E-state index in [0.29, 0.717) is 42.1 Å². The number of benzene rings is 2. The van der Waals surface area contributed by atoms with Gasteiger partial charge in [0.05, 0.1) is 23.8 Å². The molecule has 2 amide bonds. The lowest BCUT2D eigenvalue weighted by atomic mass is 9.88. The summed E-state index contributed by atoms with van der Waals surface area (Å²) in [5.74, 6) is 3.50. The minimum atomic E-state index is 0.0655. The van der Waals surface area contributed by atoms with Gasteiger partial charge < -0.3 is 28.4 Å². The molecule has 4 heterocycles. The zero-order valence-electron chi connectivity index (χ0n) is 29.2. The van der Waals surface area contributed by atoms with Gasteiger partial charge in [0.25, 0.3) is 5.91 Å². The molecule has 48 heavy (non-hydrogen) atoms. The first kappa shape index (κ1) is 32.7. The molecule has 3 aliphatic rings. The van der Waals surface area contributed by atoms with Gasteiger partial charge in [0.1, 0.15) is 11.3 Å². The summed E-state index contributed by atoms with van der Waals surface area (Å²) in [7, 11) is 5.42. The number of methoxy groups -OCH3 is 2. The summed E-state index contributed by atoms with van der Waals surface area (Å²) in [6, 6.07) is 12.9. The van der Waals surface area contributed by atoms with Crippen LogP contribution < -0.4 is 4.74 Å². The van der Waals surface area contributed by atoms with E-state index in [1.165, 1.54) is 35.7 Å². The maximum atomic E-state index is 13.7. The molecule has 3 fully saturated rings. The van der Waals surface area contributed by atoms with Crippen molar-refractivity contribution in [2.45, 2.75) is 77.2 Å². The third kappa shape index (κ3) is 6.33. The SMILES string of the molecule is CC[C@@H]1CCCN(C(=O)c2cc(OC)c3c(c2)nc(-c2cc4cccc(C5CCN(C(=O)CCCOC)CC5)c4n2CC2CC2)n3C)C1. The van der Waals surface area contributed by atoms with Gasteiger partial charge in [0.2, 0.25) is 5.91 Å². The van der Waals surface area contributed by atoms with Crippen LogP contribution in [0.5, 0.6) is 5.75 Å². The molecule has 256 valence electrons. The number of hydrogen-bond donors (Lipinski definition) is 0. The Kier molecular flexibility index (Phi) is 9.49. The van der Waals surface area contributed by atoms with E-state index in [2.05, 4.69) is 47.4 Å². The minimum Gasteiger partial charge on any atom is -0.494 e. The zero-order chi connectivity index (χ0) is 33.4. The summed E-state index contributed by atoms with van der Waals surface area (Å²) in [6.45, 7) is 7.01. The molecular formula is C39H51N5O4. The molecule has 0 bridgehead atoms. The molecule has 2 aromatic carbocycles. The predicted molar refractivity (Wildman–Crippen MR) is 190 cm³/mol. The van der Waals surface area contributed by atoms with Crippen LogP contribution >= 0.6 is 0 Å². The molecule has 0 unspecified atom stereocenters. The van der Waals surface area contributed by atoms with Gasteiger partial charge in [-0.3, -0.25) is 9.59 Å². The highest BCUT2D eigenvalue weighted by Gasteiger charge is 2.31. The second-order valence-electron chi connectivity index (χ2n) is 14.3. The Labute approximate surface area is 284 Å². The summed E-state index contributed by atoms with van der Waals surface area (Å²) in [4.78, 5) is 35.8. The molecule has 1 atom stereocenters. The fourth-order valence-corrected chi connectivity index (χ4v) is 8.17. The lowest BCUT2D eigenvalue weighted by Gasteiger charge is -2.33. The predicted octanol–water partition coefficient (Wildman–Crippen LogP) is 7.01. The molecule has 0 radical (unpaired) electrons. The van der Waals surface area contributed by atoms with E-state index >= 15 is 0 Å². The van der Waals surface area contributed by atoms with Crippen LogP contribution in [0.3, 0.4) is 0 Å². The van der Waals surface area contributed by atoms with Crippen molar-refractivity contribution in [1.29, 1.82) is 0 Å². The number of para-hydroxylation sites is 1. The largest absolute Gasteiger partial charge is 0.494 e. The number of carbonyl (C=O) groups excluding carboxylic acids is 2. The Balaban J connectivity index is 1.23. The van der Waals surface area contributed by atoms with E-state index in [1.54, 1.807) is 14.2 Å². The molecule has 2 saturated heterocycles. The van der Waals surface area contributed by atoms with E-state index in [4.69, 9.17) is 14.5 Å². The summed E-state index contributed by atoms with van der Waals surface area (Å²) < 4.78 is 15.7. The van der Waals surface area contributed by atoms with Gasteiger partial charge >= 0.3 is 0 Å². The van der Waals surface area contributed by atoms with Gasteiger partial charge in [-0.15, -0.1) is 0 Å². The van der Waals surface area contributed by atoms with Crippen molar-refractivity contribution >= 4 is 33.8 Å². The van der Waals surface area contributed by atoms with Crippen molar-refractivity contribution in [3.8, 4) is 17.3 Å². The molecule has 7 rings (SSSR count). The van der Waals surface area contributed by atoms with Crippen molar-refractivity contribution in [3.05, 3.63) is 47.5 Å². The van der Waals surface area contributed by atoms with Gasteiger partial charge in [-0.05, 0) is 86.5 Å². The number of rotatable bonds is 11. The van der Waals surface area contributed by atoms with Crippen LogP contribution in [-0.2, 0) is 23.1 Å². The fourth-order valence-electron chi connectivity index (χ4n) is 8.17. The first-order chi connectivity index (χ1) is 23.4. The molecule has 0 spiro atoms. The van der Waals surface area contributed by atoms with Gasteiger partial charge in [-0.25, -0.2) is 4.98 Å². The Morgan fingerprint density at radius 3 is 2.48 bits per heavy atom. The monoisotopic (exact) mass is 653 g/mol. The number of amides is 2. The van der Waals surface area contributed by atoms with Crippen molar-refractivity contribution in [3.63, 3.8) is 0 Å². The quantitative estimate of drug-likeness (QED) is 0.163. The molecule has 1 aliphatic carbocycles. The van der Waals surface area contributed by atoms with Crippen LogP contribution in [-0.4, -0.2) is 82.7 Å². The van der Waals surface area contributed by atoms with Crippen LogP contribution in [0.2, 0.25) is 0 Å². The second kappa shape index (κ2) is 13.9. The maximum absolute atomic E-state index is 13.7. The summed E-state index contributed by atoms with van der Waals surface area (Å²) in [6.07, 6.45) is 9.11. The maximum Gasteiger partial charge on any atom is 0.254 e. The molecule has 9 nitrogen and oxygen atoms in total. The average molecular weight is 654 g/mol. The summed E-state index contributed by atoms with van der Waals surface area (Å²) in [5.41, 5.74) is 6.11. The topological polar surface area (TPSA) is 81.8 Å². The van der Waals surface area contributed by atoms with Gasteiger partial charge in [-0.1, -0.05) is 31.5 Å². The number of piperidine rings is 2. The van der Waals surface area contributed by atoms with Crippen LogP contribution in [0.25, 0.3) is 33.5 Å². The fraction of sp³-hybridized carbons (Fsp3) is 0.564. The number of imidazole rings is 1. The number of carbonyl (C=O) groups is 2. The van der Waals surface area contributed by atoms with E-state index < -0.39 is 0 Å². The van der Waals surface area contributed by atoms with Crippen LogP contribution in [0.15, 0.2) is 36.4 Å². The van der Waals surface area contributed by atoms with Crippen molar-refractivity contribution in [2.75, 3.05) is 47.0 Å². The van der Waals surface area contributed by atoms with Crippen LogP contribution in [0.1, 0.15) is 86.6 Å². The van der Waals surface area contributed by atoms with Crippen molar-refractivity contribution in [2.24, 2.45) is 18.9 Å². The van der Waals surface area contributed by atoms with E-state index in [-0.39, 0.29) is 11.8 Å². The number of aryl methyl sites for hydroxylation is 1. The van der Waals surface area contributed by atoms with Gasteiger partial charge in [-0.2, -0.15) is 0 Å². The summed E-state index contributed by atoms with van der Waals surface area (Å²) in [5, 5.41) is 1.23. The highest BCUT2D eigenvalue weighted by atomic mass is 16.5. The normalized spacial score (nSPS) is 19.0. The number of aromatic nitrogens is 3. The Morgan fingerprint density at radius 1 is 0.938 bits per heavy atom. The number of nitrogens with zero attached hydrogens (tertiary/aromatic N) is 5. The smallest absolute Gasteiger partial charge is 0.254 e. The van der Waals surface area contributed by atoms with Crippen molar-refractivity contribution in [1.82, 2.24) is 23.9 Å². The number of likely N-dealkylation sites (tertiary alicyclic amines) is 2. The van der Waals surface area contributed by atoms with Gasteiger partial charge in [0.15, 0.2) is 5.82 Å². The van der Waals surface area contributed by atoms with Gasteiger partial charge in [0, 0.05) is 70.9 Å². The Bertz CT molecular complexity index is 1790. The molecule has 0 N–H and O–H groups in total. The molecule has 1 saturated carbocycles. The lowest BCUT2D eigenvalue weighted by Crippen LogP contribution is -2.39. The Morgan fingerprint density at radius 2 is 1.75 bits per heavy atom. The highest BCUT2D eigenvalue weighted by molar-refractivity contribution is 6.00. The molecular weight excluding hydrogens is 602 g/mol. The lowest BCUT2D eigenvalue weighted by molar-refractivity contribution is -0.132. The third-order valence-corrected chi connectivity index (χ3v) is 11.1. The zero-order valence-corrected chi connectivity index (χ0v) is 29.2. The molecule has 2 aliphatic heterocycles. The standard InChI is InChI=1S/C39H51N5O4/c1-5-26-9-7-17-43(24-26)39(46)30-21-32-37(34(23-30)48-4)41(2)38(40-32)33-22-29-10-6-11-31(36(29)44(33)25-27-13-14-27)28-15-18-42(19-16-28)35(45)12-8-20-47-3/h6,10-11,21-23,26-28H,5,7-9,12-20,24-25H2,1-4H3/t26-/m1/s1. The molecule has 9 heteroatoms. The Hall–Kier alpha value is -3.85. The number of fused-ring (bicyclic) bond motifs is 2. The van der Waals surface area contributed by atoms with Crippen LogP contribution in [0, 0.1) is 11.8 Å². The van der Waals surface area contributed by atoms with E-state index in [9.17, 15) is 9.59 Å². The second-order valence-corrected chi connectivity index (χ2v) is 14.3. The average Bonchev–Trinajstić information content (AvgIpc) is 3.79. The van der Waals surface area contributed by atoms with E-state index in [0.717, 1.165) is 87.4 Å². The third-order valence-electron chi connectivity index (χ3n) is 11.1. The molecule has 4 aromatic rings. The van der Waals surface area contributed by atoms with E-state index in [1.807, 2.05) is 21.9 Å². The first-order valence-electron chi connectivity index (χ1n) is 18.1. The van der Waals surface area contributed by atoms with Crippen molar-refractivity contribution < 1.29 is 19.1 Å². The minimum absolute atomic E-state index is 0.0655. The highest BCUT2D eigenvalue weighted by Crippen LogP contribution is 2.41. The number of ether oxygens (including phenoxy) is 2. The number of hydrogen-bond acceptors (Lipinski definition) is 5. The molecule has 2 aromatic heterocycles. The summed E-state index contributed by atoms with van der Waals surface area (Å²) >= 11 is 0. The first-order valence-corrected chi connectivity index (χ1v) is 18.1.